The summed E-state index contributed by atoms with van der Waals surface area (Å²) >= 11 is 0. The quantitative estimate of drug-likeness (QED) is 0.0211. The summed E-state index contributed by atoms with van der Waals surface area (Å²) in [7, 11) is 5.92. The van der Waals surface area contributed by atoms with Crippen LogP contribution in [0.3, 0.4) is 0 Å². The number of hydrogen-bond acceptors (Lipinski definition) is 7. The average Bonchev–Trinajstić information content (AvgIpc) is 3.38. The Hall–Kier alpha value is -5.09. The van der Waals surface area contributed by atoms with Crippen LogP contribution in [0, 0.1) is 0 Å². The second-order valence-corrected chi connectivity index (χ2v) is 19.5. The van der Waals surface area contributed by atoms with Crippen LogP contribution in [0.1, 0.15) is 181 Å². The number of nitrogens with zero attached hydrogens (tertiary/aromatic N) is 1. The first-order valence-corrected chi connectivity index (χ1v) is 28.6. The van der Waals surface area contributed by atoms with Gasteiger partial charge >= 0.3 is 17.9 Å². The van der Waals surface area contributed by atoms with Gasteiger partial charge < -0.3 is 28.5 Å². The first-order chi connectivity index (χ1) is 36.6. The maximum Gasteiger partial charge on any atom is 0.361 e. The van der Waals surface area contributed by atoms with E-state index in [0.29, 0.717) is 23.9 Å². The number of rotatable bonds is 50. The van der Waals surface area contributed by atoms with E-state index in [2.05, 4.69) is 154 Å². The Balaban J connectivity index is 4.28. The highest BCUT2D eigenvalue weighted by Gasteiger charge is 2.25. The molecule has 0 rings (SSSR count). The molecule has 75 heavy (non-hydrogen) atoms. The molecule has 2 atom stereocenters. The highest BCUT2D eigenvalue weighted by atomic mass is 16.7. The summed E-state index contributed by atoms with van der Waals surface area (Å²) in [6.07, 6.45) is 79.3. The number of carboxylic acid groups (broad SMARTS) is 1. The first-order valence-electron chi connectivity index (χ1n) is 28.6. The Morgan fingerprint density at radius 1 is 0.413 bits per heavy atom. The SMILES string of the molecule is CC/C=C\C/C=C\C/C=C\C/C=C\C/C=C\C/C=C\C/C=C\C/C=C\CCCCCCCCCCCCC(=O)OC(COC(=O)C/C=C\C/C=C\C/C=C\C/C=C\C/C=C\CC)COC(OCC[N+](C)(C)C)C(=O)O. The minimum absolute atomic E-state index is 0.0604. The third kappa shape index (κ3) is 56.5. The molecule has 0 radical (unpaired) electrons. The molecule has 9 heteroatoms. The number of likely N-dealkylation sites (N-methyl/N-ethyl adjacent to an activating group) is 1. The second kappa shape index (κ2) is 55.2. The molecule has 0 saturated heterocycles. The first kappa shape index (κ1) is 69.9. The monoisotopic (exact) mass is 1040 g/mol. The highest BCUT2D eigenvalue weighted by Crippen LogP contribution is 2.14. The van der Waals surface area contributed by atoms with E-state index in [0.717, 1.165) is 103 Å². The number of carbonyl (C=O) groups excluding carboxylic acids is 2. The number of hydrogen-bond donors (Lipinski definition) is 1. The Kier molecular flexibility index (Phi) is 51.4. The van der Waals surface area contributed by atoms with Gasteiger partial charge in [-0.05, 0) is 103 Å². The second-order valence-electron chi connectivity index (χ2n) is 19.5. The van der Waals surface area contributed by atoms with Crippen molar-refractivity contribution >= 4 is 17.9 Å². The fourth-order valence-corrected chi connectivity index (χ4v) is 6.98. The molecule has 9 nitrogen and oxygen atoms in total. The van der Waals surface area contributed by atoms with Gasteiger partial charge in [-0.1, -0.05) is 223 Å². The van der Waals surface area contributed by atoms with Gasteiger partial charge in [-0.25, -0.2) is 4.79 Å². The van der Waals surface area contributed by atoms with E-state index in [1.807, 2.05) is 33.3 Å². The Morgan fingerprint density at radius 2 is 0.760 bits per heavy atom. The van der Waals surface area contributed by atoms with E-state index in [9.17, 15) is 19.5 Å². The number of quaternary nitrogens is 1. The van der Waals surface area contributed by atoms with Crippen LogP contribution in [0.4, 0.5) is 0 Å². The fraction of sp³-hybridized carbons (Fsp3) is 0.561. The maximum absolute atomic E-state index is 12.9. The predicted octanol–water partition coefficient (Wildman–Crippen LogP) is 17.0. The van der Waals surface area contributed by atoms with Gasteiger partial charge in [-0.3, -0.25) is 9.59 Å². The van der Waals surface area contributed by atoms with Crippen molar-refractivity contribution in [2.45, 2.75) is 193 Å². The zero-order chi connectivity index (χ0) is 54.8. The zero-order valence-electron chi connectivity index (χ0n) is 47.6. The summed E-state index contributed by atoms with van der Waals surface area (Å²) in [5.74, 6) is -2.20. The predicted molar refractivity (Wildman–Crippen MR) is 317 cm³/mol. The molecule has 0 spiro atoms. The van der Waals surface area contributed by atoms with Crippen LogP contribution in [0.15, 0.2) is 158 Å². The van der Waals surface area contributed by atoms with Gasteiger partial charge in [0.15, 0.2) is 6.10 Å². The Morgan fingerprint density at radius 3 is 1.13 bits per heavy atom. The van der Waals surface area contributed by atoms with Crippen molar-refractivity contribution in [3.05, 3.63) is 158 Å². The van der Waals surface area contributed by atoms with E-state index in [4.69, 9.17) is 18.9 Å². The lowest BCUT2D eigenvalue weighted by molar-refractivity contribution is -0.870. The van der Waals surface area contributed by atoms with Crippen LogP contribution >= 0.6 is 0 Å². The molecule has 0 aliphatic carbocycles. The van der Waals surface area contributed by atoms with Crippen molar-refractivity contribution in [2.24, 2.45) is 0 Å². The topological polar surface area (TPSA) is 108 Å². The van der Waals surface area contributed by atoms with Gasteiger partial charge in [0.25, 0.3) is 6.29 Å². The summed E-state index contributed by atoms with van der Waals surface area (Å²) in [5.41, 5.74) is 0. The van der Waals surface area contributed by atoms with E-state index < -0.39 is 30.3 Å². The fourth-order valence-electron chi connectivity index (χ4n) is 6.98. The summed E-state index contributed by atoms with van der Waals surface area (Å²) in [4.78, 5) is 37.3. The number of ether oxygens (including phenoxy) is 4. The molecule has 0 bridgehead atoms. The standard InChI is InChI=1S/C66H103NO8/c1-6-8-10-12-14-16-18-20-22-23-24-25-26-27-28-29-30-31-32-33-34-35-36-37-38-39-40-41-43-45-47-49-51-53-55-57-64(69)75-62(61-74-66(65(70)71)72-59-58-67(3,4)5)60-73-63(68)56-54-52-50-48-46-44-42-21-19-17-15-13-11-9-7-2/h8-11,14-17,20-22,24-25,27-28,30-31,33-34,36-37,42,46,48,52,54,62,66H,6-7,12-13,18-19,23,26,29,32,35,38-41,43-45,47,49-51,53,55-61H2,1-5H3/p+1/b10-8-,11-9-,16-14-,17-15-,22-20-,25-24-,28-27-,31-30-,34-33-,37-36-,42-21-,48-46-,54-52-. The number of carboxylic acids is 1. The lowest BCUT2D eigenvalue weighted by Gasteiger charge is -2.25. The molecule has 0 aliphatic heterocycles. The molecule has 420 valence electrons. The van der Waals surface area contributed by atoms with Crippen LogP contribution in [0.25, 0.3) is 0 Å². The third-order valence-electron chi connectivity index (χ3n) is 11.3. The molecule has 0 aromatic carbocycles. The third-order valence-corrected chi connectivity index (χ3v) is 11.3. The number of aliphatic carboxylic acids is 1. The molecular formula is C66H104NO8+. The molecule has 0 heterocycles. The molecule has 1 N–H and O–H groups in total. The van der Waals surface area contributed by atoms with Crippen LogP contribution in [0.5, 0.6) is 0 Å². The maximum atomic E-state index is 12.9. The normalized spacial score (nSPS) is 14.0. The number of esters is 2. The number of unbranched alkanes of at least 4 members (excludes halogenated alkanes) is 10. The zero-order valence-corrected chi connectivity index (χ0v) is 47.6. The van der Waals surface area contributed by atoms with Crippen molar-refractivity contribution in [3.63, 3.8) is 0 Å². The molecule has 0 aromatic rings. The van der Waals surface area contributed by atoms with Crippen LogP contribution in [-0.2, 0) is 33.3 Å². The van der Waals surface area contributed by atoms with Crippen molar-refractivity contribution in [2.75, 3.05) is 47.5 Å². The van der Waals surface area contributed by atoms with E-state index in [-0.39, 0.29) is 32.7 Å². The Bertz CT molecular complexity index is 1780. The summed E-state index contributed by atoms with van der Waals surface area (Å²) in [6, 6.07) is 0. The van der Waals surface area contributed by atoms with Crippen molar-refractivity contribution in [3.8, 4) is 0 Å². The smallest absolute Gasteiger partial charge is 0.361 e. The van der Waals surface area contributed by atoms with Gasteiger partial charge in [-0.15, -0.1) is 0 Å². The van der Waals surface area contributed by atoms with E-state index >= 15 is 0 Å². The molecule has 0 fully saturated rings. The van der Waals surface area contributed by atoms with Gasteiger partial charge in [-0.2, -0.15) is 0 Å². The van der Waals surface area contributed by atoms with E-state index in [1.54, 1.807) is 6.08 Å². The average molecular weight is 1040 g/mol. The summed E-state index contributed by atoms with van der Waals surface area (Å²) in [5, 5.41) is 9.68. The van der Waals surface area contributed by atoms with Crippen molar-refractivity contribution in [1.82, 2.24) is 0 Å². The van der Waals surface area contributed by atoms with Crippen LogP contribution in [0.2, 0.25) is 0 Å². The molecule has 0 saturated carbocycles. The molecule has 0 aliphatic rings. The van der Waals surface area contributed by atoms with Gasteiger partial charge in [0.2, 0.25) is 0 Å². The van der Waals surface area contributed by atoms with Gasteiger partial charge in [0.05, 0.1) is 40.8 Å². The molecule has 0 aromatic heterocycles. The van der Waals surface area contributed by atoms with Crippen LogP contribution in [-0.4, -0.2) is 87.4 Å². The number of allylic oxidation sites excluding steroid dienone is 25. The van der Waals surface area contributed by atoms with Gasteiger partial charge in [0.1, 0.15) is 13.2 Å². The largest absolute Gasteiger partial charge is 0.477 e. The summed E-state index contributed by atoms with van der Waals surface area (Å²) < 4.78 is 22.7. The van der Waals surface area contributed by atoms with Crippen molar-refractivity contribution in [1.29, 1.82) is 0 Å². The Labute approximate surface area is 457 Å². The lowest BCUT2D eigenvalue weighted by atomic mass is 10.0. The van der Waals surface area contributed by atoms with E-state index in [1.165, 1.54) is 38.5 Å². The van der Waals surface area contributed by atoms with Gasteiger partial charge in [0, 0.05) is 6.42 Å². The highest BCUT2D eigenvalue weighted by molar-refractivity contribution is 5.72. The molecule has 0 amide bonds. The molecule has 2 unspecified atom stereocenters. The lowest BCUT2D eigenvalue weighted by Crippen LogP contribution is -2.40. The summed E-state index contributed by atoms with van der Waals surface area (Å²) in [6.45, 7) is 4.49. The van der Waals surface area contributed by atoms with Crippen LogP contribution < -0.4 is 0 Å². The van der Waals surface area contributed by atoms with Crippen molar-refractivity contribution < 1.29 is 42.9 Å². The minimum atomic E-state index is -1.54. The number of carbonyl (C=O) groups is 3. The molecular weight excluding hydrogens is 935 g/mol. The minimum Gasteiger partial charge on any atom is -0.477 e.